The van der Waals surface area contributed by atoms with Crippen LogP contribution in [0.15, 0.2) is 96.4 Å². The number of aryl methyl sites for hydroxylation is 1. The number of aromatic nitrogens is 6. The average Bonchev–Trinajstić information content (AvgIpc) is 3.53. The predicted molar refractivity (Wildman–Crippen MR) is 125 cm³/mol. The van der Waals surface area contributed by atoms with Crippen molar-refractivity contribution in [2.75, 3.05) is 4.72 Å². The maximum atomic E-state index is 12.7. The zero-order valence-corrected chi connectivity index (χ0v) is 18.8. The highest BCUT2D eigenvalue weighted by molar-refractivity contribution is 7.92. The summed E-state index contributed by atoms with van der Waals surface area (Å²) in [5.74, 6) is 2.24. The maximum absolute atomic E-state index is 12.7. The highest BCUT2D eigenvalue weighted by atomic mass is 32.2. The van der Waals surface area contributed by atoms with Crippen molar-refractivity contribution in [3.8, 4) is 23.1 Å². The molecule has 11 heteroatoms. The fraction of sp³-hybridized carbons (Fsp3) is 0.0435. The highest BCUT2D eigenvalue weighted by Gasteiger charge is 2.14. The van der Waals surface area contributed by atoms with Crippen LogP contribution in [0.5, 0.6) is 11.6 Å². The summed E-state index contributed by atoms with van der Waals surface area (Å²) in [5.41, 5.74) is 1.17. The summed E-state index contributed by atoms with van der Waals surface area (Å²) in [5, 5.41) is 12.4. The van der Waals surface area contributed by atoms with Gasteiger partial charge in [-0.05, 0) is 67.6 Å². The molecule has 0 aliphatic heterocycles. The summed E-state index contributed by atoms with van der Waals surface area (Å²) in [4.78, 5) is 4.31. The Balaban J connectivity index is 1.24. The molecule has 3 aromatic heterocycles. The molecule has 2 aromatic carbocycles. The van der Waals surface area contributed by atoms with Crippen LogP contribution in [-0.2, 0) is 10.0 Å². The molecule has 1 N–H and O–H groups in total. The average molecular weight is 474 g/mol. The Labute approximate surface area is 195 Å². The van der Waals surface area contributed by atoms with Crippen molar-refractivity contribution < 1.29 is 13.2 Å². The van der Waals surface area contributed by atoms with Gasteiger partial charge in [-0.15, -0.1) is 10.2 Å². The first-order valence-corrected chi connectivity index (χ1v) is 11.7. The van der Waals surface area contributed by atoms with Crippen LogP contribution in [0.3, 0.4) is 0 Å². The van der Waals surface area contributed by atoms with Crippen LogP contribution >= 0.6 is 0 Å². The van der Waals surface area contributed by atoms with Gasteiger partial charge in [-0.2, -0.15) is 5.10 Å². The number of nitrogens with one attached hydrogen (secondary N) is 1. The summed E-state index contributed by atoms with van der Waals surface area (Å²) < 4.78 is 37.2. The molecule has 0 aliphatic rings. The summed E-state index contributed by atoms with van der Waals surface area (Å²) in [6.45, 7) is 1.87. The fourth-order valence-corrected chi connectivity index (χ4v) is 4.30. The van der Waals surface area contributed by atoms with Crippen molar-refractivity contribution in [1.29, 1.82) is 0 Å². The summed E-state index contributed by atoms with van der Waals surface area (Å²) in [6.07, 6.45) is 6.93. The molecule has 0 aliphatic carbocycles. The van der Waals surface area contributed by atoms with Gasteiger partial charge in [-0.1, -0.05) is 0 Å². The number of hydrogen-bond acceptors (Lipinski definition) is 7. The van der Waals surface area contributed by atoms with Crippen molar-refractivity contribution in [3.63, 3.8) is 0 Å². The normalized spacial score (nSPS) is 11.3. The lowest BCUT2D eigenvalue weighted by atomic mass is 10.3. The second kappa shape index (κ2) is 8.79. The van der Waals surface area contributed by atoms with E-state index in [-0.39, 0.29) is 4.90 Å². The van der Waals surface area contributed by atoms with Gasteiger partial charge >= 0.3 is 0 Å². The molecule has 0 saturated carbocycles. The second-order valence-electron chi connectivity index (χ2n) is 7.25. The van der Waals surface area contributed by atoms with E-state index >= 15 is 0 Å². The summed E-state index contributed by atoms with van der Waals surface area (Å²) in [7, 11) is -3.75. The Kier molecular flexibility index (Phi) is 5.52. The number of rotatable bonds is 7. The monoisotopic (exact) mass is 473 g/mol. The van der Waals surface area contributed by atoms with E-state index in [1.165, 1.54) is 12.1 Å². The molecule has 0 amide bonds. The molecule has 3 heterocycles. The molecule has 0 saturated heterocycles. The Morgan fingerprint density at radius 3 is 2.29 bits per heavy atom. The third kappa shape index (κ3) is 4.50. The standard InChI is InChI=1S/C23H19N7O3S/c1-17-24-14-16-29(17)22-11-12-23(27-26-22)33-20-7-3-18(4-8-20)28-34(31,32)21-9-5-19(6-10-21)30-15-2-13-25-30/h2-16,28H,1H3. The van der Waals surface area contributed by atoms with Crippen LogP contribution in [0.2, 0.25) is 0 Å². The predicted octanol–water partition coefficient (Wildman–Crippen LogP) is 3.75. The van der Waals surface area contributed by atoms with Crippen LogP contribution in [-0.4, -0.2) is 37.9 Å². The number of imidazole rings is 1. The molecule has 10 nitrogen and oxygen atoms in total. The molecule has 170 valence electrons. The molecular weight excluding hydrogens is 454 g/mol. The van der Waals surface area contributed by atoms with Crippen molar-refractivity contribution in [1.82, 2.24) is 29.5 Å². The molecule has 0 spiro atoms. The van der Waals surface area contributed by atoms with Crippen LogP contribution in [0.4, 0.5) is 5.69 Å². The van der Waals surface area contributed by atoms with Crippen LogP contribution < -0.4 is 9.46 Å². The van der Waals surface area contributed by atoms with Crippen molar-refractivity contribution in [2.24, 2.45) is 0 Å². The fourth-order valence-electron chi connectivity index (χ4n) is 3.24. The highest BCUT2D eigenvalue weighted by Crippen LogP contribution is 2.23. The molecule has 34 heavy (non-hydrogen) atoms. The Hall–Kier alpha value is -4.51. The smallest absolute Gasteiger partial charge is 0.261 e. The van der Waals surface area contributed by atoms with Gasteiger partial charge in [0.1, 0.15) is 11.6 Å². The SMILES string of the molecule is Cc1nccn1-c1ccc(Oc2ccc(NS(=O)(=O)c3ccc(-n4cccn4)cc3)cc2)nn1. The van der Waals surface area contributed by atoms with E-state index in [0.29, 0.717) is 23.1 Å². The first-order valence-electron chi connectivity index (χ1n) is 10.2. The van der Waals surface area contributed by atoms with Gasteiger partial charge < -0.3 is 4.74 Å². The van der Waals surface area contributed by atoms with Gasteiger partial charge in [0.05, 0.1) is 10.6 Å². The minimum absolute atomic E-state index is 0.146. The lowest BCUT2D eigenvalue weighted by Gasteiger charge is -2.10. The van der Waals surface area contributed by atoms with E-state index in [1.807, 2.05) is 11.5 Å². The minimum Gasteiger partial charge on any atom is -0.438 e. The Bertz CT molecular complexity index is 1490. The molecule has 5 aromatic rings. The Morgan fingerprint density at radius 1 is 0.882 bits per heavy atom. The van der Waals surface area contributed by atoms with Gasteiger partial charge in [0.25, 0.3) is 10.0 Å². The first kappa shape index (κ1) is 21.3. The van der Waals surface area contributed by atoms with E-state index in [1.54, 1.807) is 84.1 Å². The van der Waals surface area contributed by atoms with Crippen molar-refractivity contribution in [3.05, 3.63) is 97.3 Å². The molecule has 0 bridgehead atoms. The van der Waals surface area contributed by atoms with Gasteiger partial charge in [0, 0.05) is 36.5 Å². The van der Waals surface area contributed by atoms with Gasteiger partial charge in [0.15, 0.2) is 5.82 Å². The number of sulfonamides is 1. The molecule has 0 atom stereocenters. The third-order valence-corrected chi connectivity index (χ3v) is 6.34. The van der Waals surface area contributed by atoms with Gasteiger partial charge in [0.2, 0.25) is 5.88 Å². The number of anilines is 1. The molecular formula is C23H19N7O3S. The zero-order chi connectivity index (χ0) is 23.5. The van der Waals surface area contributed by atoms with Crippen molar-refractivity contribution >= 4 is 15.7 Å². The Morgan fingerprint density at radius 2 is 1.68 bits per heavy atom. The number of ether oxygens (including phenoxy) is 1. The number of hydrogen-bond donors (Lipinski definition) is 1. The maximum Gasteiger partial charge on any atom is 0.261 e. The van der Waals surface area contributed by atoms with Gasteiger partial charge in [-0.3, -0.25) is 9.29 Å². The largest absolute Gasteiger partial charge is 0.438 e. The minimum atomic E-state index is -3.75. The molecule has 0 fully saturated rings. The summed E-state index contributed by atoms with van der Waals surface area (Å²) in [6, 6.07) is 18.2. The molecule has 0 unspecified atom stereocenters. The molecule has 5 rings (SSSR count). The summed E-state index contributed by atoms with van der Waals surface area (Å²) >= 11 is 0. The zero-order valence-electron chi connectivity index (χ0n) is 18.0. The van der Waals surface area contributed by atoms with E-state index in [0.717, 1.165) is 11.5 Å². The van der Waals surface area contributed by atoms with Gasteiger partial charge in [-0.25, -0.2) is 18.1 Å². The van der Waals surface area contributed by atoms with E-state index in [9.17, 15) is 8.42 Å². The topological polar surface area (TPSA) is 117 Å². The first-order chi connectivity index (χ1) is 16.5. The van der Waals surface area contributed by atoms with Crippen molar-refractivity contribution in [2.45, 2.75) is 11.8 Å². The van der Waals surface area contributed by atoms with Crippen LogP contribution in [0.1, 0.15) is 5.82 Å². The quantitative estimate of drug-likeness (QED) is 0.383. The van der Waals surface area contributed by atoms with E-state index in [2.05, 4.69) is 25.0 Å². The number of benzene rings is 2. The number of nitrogens with zero attached hydrogens (tertiary/aromatic N) is 6. The third-order valence-electron chi connectivity index (χ3n) is 4.94. The lowest BCUT2D eigenvalue weighted by Crippen LogP contribution is -2.13. The molecule has 0 radical (unpaired) electrons. The second-order valence-corrected chi connectivity index (χ2v) is 8.93. The van der Waals surface area contributed by atoms with E-state index < -0.39 is 10.0 Å². The van der Waals surface area contributed by atoms with E-state index in [4.69, 9.17) is 4.74 Å². The van der Waals surface area contributed by atoms with Crippen LogP contribution in [0, 0.1) is 6.92 Å². The lowest BCUT2D eigenvalue weighted by molar-refractivity contribution is 0.454. The van der Waals surface area contributed by atoms with Crippen LogP contribution in [0.25, 0.3) is 11.5 Å².